The standard InChI is InChI=1S/C15H21N3O/c1-10(2)13-6-5-11(3)14(8-13)19-9-18-12(4)7-15(16)17-18/h5-8,10H,9H2,1-4H3,(H2,16,17). The zero-order valence-electron chi connectivity index (χ0n) is 12.0. The Morgan fingerprint density at radius 1 is 1.26 bits per heavy atom. The second kappa shape index (κ2) is 5.34. The predicted octanol–water partition coefficient (Wildman–Crippen LogP) is 3.24. The van der Waals surface area contributed by atoms with Crippen molar-refractivity contribution in [1.82, 2.24) is 9.78 Å². The molecule has 2 N–H and O–H groups in total. The first-order valence-corrected chi connectivity index (χ1v) is 6.50. The minimum atomic E-state index is 0.380. The van der Waals surface area contributed by atoms with Crippen LogP contribution in [0.2, 0.25) is 0 Å². The molecule has 2 rings (SSSR count). The van der Waals surface area contributed by atoms with Crippen LogP contribution in [0.15, 0.2) is 24.3 Å². The van der Waals surface area contributed by atoms with Crippen molar-refractivity contribution < 1.29 is 4.74 Å². The van der Waals surface area contributed by atoms with Crippen LogP contribution in [0.3, 0.4) is 0 Å². The fraction of sp³-hybridized carbons (Fsp3) is 0.400. The zero-order valence-corrected chi connectivity index (χ0v) is 12.0. The molecule has 4 heteroatoms. The maximum absolute atomic E-state index is 5.85. The van der Waals surface area contributed by atoms with Gasteiger partial charge >= 0.3 is 0 Å². The van der Waals surface area contributed by atoms with Gasteiger partial charge in [-0.25, -0.2) is 4.68 Å². The number of anilines is 1. The summed E-state index contributed by atoms with van der Waals surface area (Å²) in [5, 5.41) is 4.18. The molecule has 0 radical (unpaired) electrons. The van der Waals surface area contributed by atoms with Gasteiger partial charge in [-0.2, -0.15) is 5.10 Å². The third-order valence-corrected chi connectivity index (χ3v) is 3.22. The molecule has 0 atom stereocenters. The van der Waals surface area contributed by atoms with Crippen LogP contribution in [0.5, 0.6) is 5.75 Å². The highest BCUT2D eigenvalue weighted by molar-refractivity contribution is 5.37. The van der Waals surface area contributed by atoms with Gasteiger partial charge in [-0.1, -0.05) is 26.0 Å². The highest BCUT2D eigenvalue weighted by Gasteiger charge is 2.06. The molecule has 102 valence electrons. The molecule has 2 aromatic rings. The lowest BCUT2D eigenvalue weighted by molar-refractivity contribution is 0.217. The highest BCUT2D eigenvalue weighted by Crippen LogP contribution is 2.24. The summed E-state index contributed by atoms with van der Waals surface area (Å²) < 4.78 is 7.61. The lowest BCUT2D eigenvalue weighted by atomic mass is 10.0. The number of hydrogen-bond donors (Lipinski definition) is 1. The number of hydrogen-bond acceptors (Lipinski definition) is 3. The number of rotatable bonds is 4. The van der Waals surface area contributed by atoms with E-state index in [4.69, 9.17) is 10.5 Å². The van der Waals surface area contributed by atoms with Gasteiger partial charge in [0, 0.05) is 11.8 Å². The summed E-state index contributed by atoms with van der Waals surface area (Å²) >= 11 is 0. The van der Waals surface area contributed by atoms with Gasteiger partial charge in [-0.05, 0) is 37.0 Å². The summed E-state index contributed by atoms with van der Waals surface area (Å²) in [6.07, 6.45) is 0. The lowest BCUT2D eigenvalue weighted by Gasteiger charge is -2.13. The molecule has 1 aromatic heterocycles. The highest BCUT2D eigenvalue weighted by atomic mass is 16.5. The first-order chi connectivity index (χ1) is 8.97. The van der Waals surface area contributed by atoms with Crippen molar-refractivity contribution in [3.05, 3.63) is 41.1 Å². The van der Waals surface area contributed by atoms with Gasteiger partial charge in [0.25, 0.3) is 0 Å². The fourth-order valence-corrected chi connectivity index (χ4v) is 1.93. The third kappa shape index (κ3) is 3.08. The topological polar surface area (TPSA) is 53.1 Å². The van der Waals surface area contributed by atoms with Crippen molar-refractivity contribution in [2.75, 3.05) is 5.73 Å². The van der Waals surface area contributed by atoms with Gasteiger partial charge in [0.2, 0.25) is 0 Å². The minimum Gasteiger partial charge on any atom is -0.471 e. The summed E-state index contributed by atoms with van der Waals surface area (Å²) in [6.45, 7) is 8.73. The fourth-order valence-electron chi connectivity index (χ4n) is 1.93. The van der Waals surface area contributed by atoms with Crippen molar-refractivity contribution in [3.63, 3.8) is 0 Å². The smallest absolute Gasteiger partial charge is 0.181 e. The number of benzene rings is 1. The maximum atomic E-state index is 5.85. The Balaban J connectivity index is 2.15. The van der Waals surface area contributed by atoms with Crippen LogP contribution in [0.4, 0.5) is 5.82 Å². The summed E-state index contributed by atoms with van der Waals surface area (Å²) in [6, 6.07) is 8.17. The Labute approximate surface area is 114 Å². The average Bonchev–Trinajstić information content (AvgIpc) is 2.66. The first-order valence-electron chi connectivity index (χ1n) is 6.50. The number of nitrogens with two attached hydrogens (primary N) is 1. The molecule has 0 saturated heterocycles. The Morgan fingerprint density at radius 2 is 2.00 bits per heavy atom. The third-order valence-electron chi connectivity index (χ3n) is 3.22. The molecular weight excluding hydrogens is 238 g/mol. The molecule has 0 amide bonds. The van der Waals surface area contributed by atoms with E-state index in [0.29, 0.717) is 18.5 Å². The Hall–Kier alpha value is -1.97. The average molecular weight is 259 g/mol. The first kappa shape index (κ1) is 13.5. The van der Waals surface area contributed by atoms with Gasteiger partial charge in [-0.3, -0.25) is 0 Å². The molecular formula is C15H21N3O. The van der Waals surface area contributed by atoms with E-state index in [1.807, 2.05) is 19.9 Å². The molecule has 4 nitrogen and oxygen atoms in total. The number of aromatic nitrogens is 2. The summed E-state index contributed by atoms with van der Waals surface area (Å²) in [7, 11) is 0. The van der Waals surface area contributed by atoms with Gasteiger partial charge in [0.15, 0.2) is 6.73 Å². The number of aryl methyl sites for hydroxylation is 2. The van der Waals surface area contributed by atoms with E-state index in [9.17, 15) is 0 Å². The quantitative estimate of drug-likeness (QED) is 0.917. The second-order valence-electron chi connectivity index (χ2n) is 5.16. The second-order valence-corrected chi connectivity index (χ2v) is 5.16. The molecule has 1 aromatic carbocycles. The summed E-state index contributed by atoms with van der Waals surface area (Å²) in [5.74, 6) is 1.92. The molecule has 0 bridgehead atoms. The van der Waals surface area contributed by atoms with Gasteiger partial charge in [0.1, 0.15) is 11.6 Å². The van der Waals surface area contributed by atoms with Crippen LogP contribution >= 0.6 is 0 Å². The Morgan fingerprint density at radius 3 is 2.58 bits per heavy atom. The molecule has 0 aliphatic carbocycles. The molecule has 0 aliphatic heterocycles. The monoisotopic (exact) mass is 259 g/mol. The van der Waals surface area contributed by atoms with E-state index in [0.717, 1.165) is 17.0 Å². The minimum absolute atomic E-state index is 0.380. The number of nitrogens with zero attached hydrogens (tertiary/aromatic N) is 2. The van der Waals surface area contributed by atoms with Crippen LogP contribution < -0.4 is 10.5 Å². The van der Waals surface area contributed by atoms with E-state index >= 15 is 0 Å². The molecule has 0 unspecified atom stereocenters. The lowest BCUT2D eigenvalue weighted by Crippen LogP contribution is -2.09. The van der Waals surface area contributed by atoms with Crippen LogP contribution in [-0.4, -0.2) is 9.78 Å². The largest absolute Gasteiger partial charge is 0.471 e. The van der Waals surface area contributed by atoms with Crippen molar-refractivity contribution in [3.8, 4) is 5.75 Å². The molecule has 0 aliphatic rings. The van der Waals surface area contributed by atoms with E-state index in [1.165, 1.54) is 5.56 Å². The summed E-state index contributed by atoms with van der Waals surface area (Å²) in [4.78, 5) is 0. The van der Waals surface area contributed by atoms with Crippen molar-refractivity contribution >= 4 is 5.82 Å². The summed E-state index contributed by atoms with van der Waals surface area (Å²) in [5.41, 5.74) is 9.05. The molecule has 0 spiro atoms. The van der Waals surface area contributed by atoms with E-state index in [1.54, 1.807) is 4.68 Å². The van der Waals surface area contributed by atoms with E-state index < -0.39 is 0 Å². The molecule has 0 fully saturated rings. The predicted molar refractivity (Wildman–Crippen MR) is 77.3 cm³/mol. The molecule has 1 heterocycles. The van der Waals surface area contributed by atoms with Gasteiger partial charge < -0.3 is 10.5 Å². The Kier molecular flexibility index (Phi) is 3.79. The van der Waals surface area contributed by atoms with Gasteiger partial charge in [0.05, 0.1) is 0 Å². The van der Waals surface area contributed by atoms with E-state index in [2.05, 4.69) is 37.1 Å². The van der Waals surface area contributed by atoms with Crippen LogP contribution in [0.1, 0.15) is 36.6 Å². The normalized spacial score (nSPS) is 11.0. The molecule has 19 heavy (non-hydrogen) atoms. The van der Waals surface area contributed by atoms with Crippen LogP contribution in [-0.2, 0) is 6.73 Å². The molecule has 0 saturated carbocycles. The number of nitrogen functional groups attached to an aromatic ring is 1. The van der Waals surface area contributed by atoms with Crippen molar-refractivity contribution in [2.24, 2.45) is 0 Å². The van der Waals surface area contributed by atoms with Crippen molar-refractivity contribution in [1.29, 1.82) is 0 Å². The SMILES string of the molecule is Cc1ccc(C(C)C)cc1OCn1nc(N)cc1C. The Bertz CT molecular complexity index is 573. The zero-order chi connectivity index (χ0) is 14.0. The van der Waals surface area contributed by atoms with Crippen LogP contribution in [0.25, 0.3) is 0 Å². The van der Waals surface area contributed by atoms with E-state index in [-0.39, 0.29) is 0 Å². The maximum Gasteiger partial charge on any atom is 0.181 e. The number of ether oxygens (including phenoxy) is 1. The van der Waals surface area contributed by atoms with Gasteiger partial charge in [-0.15, -0.1) is 0 Å². The van der Waals surface area contributed by atoms with Crippen molar-refractivity contribution in [2.45, 2.75) is 40.3 Å². The van der Waals surface area contributed by atoms with Crippen LogP contribution in [0, 0.1) is 13.8 Å².